The number of carbonyl (C=O) groups excluding carboxylic acids is 1. The van der Waals surface area contributed by atoms with Gasteiger partial charge in [0, 0.05) is 18.2 Å². The number of ether oxygens (including phenoxy) is 1. The molecule has 1 aliphatic rings. The summed E-state index contributed by atoms with van der Waals surface area (Å²) in [6, 6.07) is 2.00. The second-order valence-electron chi connectivity index (χ2n) is 6.05. The van der Waals surface area contributed by atoms with Crippen LogP contribution in [0.1, 0.15) is 78.7 Å². The van der Waals surface area contributed by atoms with E-state index in [4.69, 9.17) is 14.8 Å². The van der Waals surface area contributed by atoms with E-state index in [0.29, 0.717) is 18.1 Å². The number of fused-ring (bicyclic) bond motifs is 1. The van der Waals surface area contributed by atoms with E-state index in [2.05, 4.69) is 0 Å². The van der Waals surface area contributed by atoms with Crippen molar-refractivity contribution in [1.82, 2.24) is 4.98 Å². The van der Waals surface area contributed by atoms with Crippen LogP contribution in [0.2, 0.25) is 0 Å². The van der Waals surface area contributed by atoms with Crippen LogP contribution in [-0.2, 0) is 11.2 Å². The van der Waals surface area contributed by atoms with Gasteiger partial charge >= 0.3 is 5.97 Å². The SMILES string of the molecule is CCOC(=O)c1cc2c(nc1C)C(CCCCCO)CCC2. The first-order valence-corrected chi connectivity index (χ1v) is 8.45. The van der Waals surface area contributed by atoms with Gasteiger partial charge in [0.15, 0.2) is 0 Å². The van der Waals surface area contributed by atoms with Gasteiger partial charge in [-0.05, 0) is 57.6 Å². The summed E-state index contributed by atoms with van der Waals surface area (Å²) < 4.78 is 5.12. The maximum Gasteiger partial charge on any atom is 0.339 e. The maximum absolute atomic E-state index is 12.0. The average Bonchev–Trinajstić information content (AvgIpc) is 2.51. The van der Waals surface area contributed by atoms with Gasteiger partial charge in [0.2, 0.25) is 0 Å². The summed E-state index contributed by atoms with van der Waals surface area (Å²) in [6.07, 6.45) is 7.55. The molecule has 122 valence electrons. The van der Waals surface area contributed by atoms with Gasteiger partial charge in [-0.3, -0.25) is 4.98 Å². The molecule has 0 saturated carbocycles. The van der Waals surface area contributed by atoms with Crippen molar-refractivity contribution in [3.63, 3.8) is 0 Å². The highest BCUT2D eigenvalue weighted by molar-refractivity contribution is 5.90. The number of hydrogen-bond donors (Lipinski definition) is 1. The molecule has 0 bridgehead atoms. The minimum atomic E-state index is -0.264. The van der Waals surface area contributed by atoms with Crippen molar-refractivity contribution in [3.05, 3.63) is 28.6 Å². The minimum Gasteiger partial charge on any atom is -0.462 e. The Kier molecular flexibility index (Phi) is 6.37. The third kappa shape index (κ3) is 4.07. The molecule has 0 spiro atoms. The lowest BCUT2D eigenvalue weighted by Crippen LogP contribution is -2.16. The van der Waals surface area contributed by atoms with E-state index in [-0.39, 0.29) is 12.6 Å². The van der Waals surface area contributed by atoms with Crippen molar-refractivity contribution < 1.29 is 14.6 Å². The maximum atomic E-state index is 12.0. The van der Waals surface area contributed by atoms with Gasteiger partial charge in [0.25, 0.3) is 0 Å². The number of aromatic nitrogens is 1. The van der Waals surface area contributed by atoms with Crippen molar-refractivity contribution in [3.8, 4) is 0 Å². The fraction of sp³-hybridized carbons (Fsp3) is 0.667. The first-order valence-electron chi connectivity index (χ1n) is 8.45. The van der Waals surface area contributed by atoms with E-state index in [1.807, 2.05) is 19.9 Å². The van der Waals surface area contributed by atoms with E-state index >= 15 is 0 Å². The van der Waals surface area contributed by atoms with Gasteiger partial charge in [-0.15, -0.1) is 0 Å². The average molecular weight is 305 g/mol. The normalized spacial score (nSPS) is 17.1. The second-order valence-corrected chi connectivity index (χ2v) is 6.05. The van der Waals surface area contributed by atoms with Crippen molar-refractivity contribution in [2.75, 3.05) is 13.2 Å². The summed E-state index contributed by atoms with van der Waals surface area (Å²) in [5.74, 6) is 0.234. The molecule has 0 fully saturated rings. The second kappa shape index (κ2) is 8.28. The van der Waals surface area contributed by atoms with Crippen LogP contribution in [0.5, 0.6) is 0 Å². The van der Waals surface area contributed by atoms with Crippen LogP contribution in [-0.4, -0.2) is 29.3 Å². The molecule has 1 heterocycles. The summed E-state index contributed by atoms with van der Waals surface area (Å²) in [4.78, 5) is 16.7. The summed E-state index contributed by atoms with van der Waals surface area (Å²) in [7, 11) is 0. The topological polar surface area (TPSA) is 59.4 Å². The largest absolute Gasteiger partial charge is 0.462 e. The number of unbranched alkanes of at least 4 members (excludes halogenated alkanes) is 2. The summed E-state index contributed by atoms with van der Waals surface area (Å²) in [6.45, 7) is 4.38. The summed E-state index contributed by atoms with van der Waals surface area (Å²) in [5.41, 5.74) is 3.79. The molecule has 4 heteroatoms. The van der Waals surface area contributed by atoms with Crippen LogP contribution in [0.4, 0.5) is 0 Å². The molecule has 0 aliphatic heterocycles. The number of pyridine rings is 1. The number of hydrogen-bond acceptors (Lipinski definition) is 4. The molecule has 1 aromatic heterocycles. The van der Waals surface area contributed by atoms with Crippen LogP contribution in [0, 0.1) is 6.92 Å². The van der Waals surface area contributed by atoms with Crippen LogP contribution in [0.25, 0.3) is 0 Å². The molecule has 0 amide bonds. The fourth-order valence-electron chi connectivity index (χ4n) is 3.27. The van der Waals surface area contributed by atoms with E-state index in [1.54, 1.807) is 0 Å². The van der Waals surface area contributed by atoms with Gasteiger partial charge in [-0.1, -0.05) is 12.8 Å². The number of nitrogens with zero attached hydrogens (tertiary/aromatic N) is 1. The zero-order valence-electron chi connectivity index (χ0n) is 13.7. The molecule has 0 saturated heterocycles. The zero-order valence-corrected chi connectivity index (χ0v) is 13.7. The Balaban J connectivity index is 2.14. The molecule has 22 heavy (non-hydrogen) atoms. The van der Waals surface area contributed by atoms with E-state index in [1.165, 1.54) is 17.7 Å². The molecular formula is C18H27NO3. The quantitative estimate of drug-likeness (QED) is 0.618. The van der Waals surface area contributed by atoms with Gasteiger partial charge in [-0.25, -0.2) is 4.79 Å². The van der Waals surface area contributed by atoms with Gasteiger partial charge in [0.1, 0.15) is 0 Å². The number of rotatable bonds is 7. The highest BCUT2D eigenvalue weighted by atomic mass is 16.5. The molecule has 4 nitrogen and oxygen atoms in total. The van der Waals surface area contributed by atoms with E-state index in [0.717, 1.165) is 44.2 Å². The highest BCUT2D eigenvalue weighted by Crippen LogP contribution is 2.35. The van der Waals surface area contributed by atoms with Gasteiger partial charge < -0.3 is 9.84 Å². The molecule has 1 aliphatic carbocycles. The van der Waals surface area contributed by atoms with Crippen molar-refractivity contribution >= 4 is 5.97 Å². The minimum absolute atomic E-state index is 0.264. The lowest BCUT2D eigenvalue weighted by atomic mass is 9.82. The monoisotopic (exact) mass is 305 g/mol. The van der Waals surface area contributed by atoms with Gasteiger partial charge in [-0.2, -0.15) is 0 Å². The van der Waals surface area contributed by atoms with E-state index < -0.39 is 0 Å². The molecule has 1 unspecified atom stereocenters. The molecular weight excluding hydrogens is 278 g/mol. The standard InChI is InChI=1S/C18H27NO3/c1-3-22-18(21)16-12-15-10-7-9-14(8-5-4-6-11-20)17(15)19-13(16)2/h12,14,20H,3-11H2,1-2H3. The first kappa shape index (κ1) is 16.9. The van der Waals surface area contributed by atoms with Crippen LogP contribution in [0.3, 0.4) is 0 Å². The Morgan fingerprint density at radius 1 is 1.41 bits per heavy atom. The van der Waals surface area contributed by atoms with E-state index in [9.17, 15) is 4.79 Å². The highest BCUT2D eigenvalue weighted by Gasteiger charge is 2.24. The number of aryl methyl sites for hydroxylation is 2. The number of aliphatic hydroxyl groups excluding tert-OH is 1. The zero-order chi connectivity index (χ0) is 15.9. The van der Waals surface area contributed by atoms with Crippen molar-refractivity contribution in [1.29, 1.82) is 0 Å². The Morgan fingerprint density at radius 2 is 2.23 bits per heavy atom. The Bertz CT molecular complexity index is 513. The number of carbonyl (C=O) groups is 1. The summed E-state index contributed by atoms with van der Waals surface area (Å²) in [5, 5.41) is 8.87. The molecule has 1 atom stereocenters. The molecule has 0 radical (unpaired) electrons. The number of esters is 1. The molecule has 1 aromatic rings. The number of aliphatic hydroxyl groups is 1. The third-order valence-corrected chi connectivity index (χ3v) is 4.42. The summed E-state index contributed by atoms with van der Waals surface area (Å²) >= 11 is 0. The Morgan fingerprint density at radius 3 is 2.95 bits per heavy atom. The van der Waals surface area contributed by atoms with Crippen molar-refractivity contribution in [2.45, 2.75) is 64.7 Å². The lowest BCUT2D eigenvalue weighted by Gasteiger charge is -2.25. The predicted octanol–water partition coefficient (Wildman–Crippen LogP) is 3.54. The van der Waals surface area contributed by atoms with Crippen LogP contribution in [0.15, 0.2) is 6.07 Å². The van der Waals surface area contributed by atoms with Crippen molar-refractivity contribution in [2.24, 2.45) is 0 Å². The lowest BCUT2D eigenvalue weighted by molar-refractivity contribution is 0.0524. The Hall–Kier alpha value is -1.42. The first-order chi connectivity index (χ1) is 10.7. The smallest absolute Gasteiger partial charge is 0.339 e. The molecule has 0 aromatic carbocycles. The molecule has 1 N–H and O–H groups in total. The third-order valence-electron chi connectivity index (χ3n) is 4.42. The Labute approximate surface area is 132 Å². The predicted molar refractivity (Wildman–Crippen MR) is 86.2 cm³/mol. The van der Waals surface area contributed by atoms with Gasteiger partial charge in [0.05, 0.1) is 17.9 Å². The molecule has 2 rings (SSSR count). The van der Waals surface area contributed by atoms with Crippen LogP contribution < -0.4 is 0 Å². The fourth-order valence-corrected chi connectivity index (χ4v) is 3.27. The van der Waals surface area contributed by atoms with Crippen LogP contribution >= 0.6 is 0 Å².